The van der Waals surface area contributed by atoms with Gasteiger partial charge in [-0.1, -0.05) is 15.9 Å². The summed E-state index contributed by atoms with van der Waals surface area (Å²) in [5, 5.41) is 3.36. The minimum absolute atomic E-state index is 0.166. The normalized spacial score (nSPS) is 10.4. The second-order valence-corrected chi connectivity index (χ2v) is 5.24. The van der Waals surface area contributed by atoms with Crippen molar-refractivity contribution < 1.29 is 0 Å². The third-order valence-corrected chi connectivity index (χ3v) is 3.17. The first-order valence-corrected chi connectivity index (χ1v) is 6.46. The standard InChI is InChI=1S/C12H12BrClN4/c1-6-3-8(13)4-7(2)10(6)17-11-9(15)5-16-12(14)18-11/h3-5H,15H2,1-2H3,(H,16,17,18). The maximum atomic E-state index is 5.81. The zero-order valence-electron chi connectivity index (χ0n) is 9.96. The molecule has 4 nitrogen and oxygen atoms in total. The molecule has 2 aromatic rings. The molecule has 0 fully saturated rings. The summed E-state index contributed by atoms with van der Waals surface area (Å²) in [5.74, 6) is 0.517. The van der Waals surface area contributed by atoms with Crippen LogP contribution in [0.25, 0.3) is 0 Å². The van der Waals surface area contributed by atoms with E-state index in [1.54, 1.807) is 0 Å². The van der Waals surface area contributed by atoms with Crippen LogP contribution in [0.3, 0.4) is 0 Å². The van der Waals surface area contributed by atoms with Crippen LogP contribution in [-0.4, -0.2) is 9.97 Å². The lowest BCUT2D eigenvalue weighted by atomic mass is 10.1. The van der Waals surface area contributed by atoms with E-state index >= 15 is 0 Å². The van der Waals surface area contributed by atoms with E-state index in [-0.39, 0.29) is 5.28 Å². The second-order valence-electron chi connectivity index (χ2n) is 3.98. The van der Waals surface area contributed by atoms with Crippen LogP contribution in [0.1, 0.15) is 11.1 Å². The molecular weight excluding hydrogens is 316 g/mol. The van der Waals surface area contributed by atoms with E-state index in [1.165, 1.54) is 6.20 Å². The maximum Gasteiger partial charge on any atom is 0.224 e. The highest BCUT2D eigenvalue weighted by molar-refractivity contribution is 9.10. The molecule has 0 aliphatic rings. The van der Waals surface area contributed by atoms with Gasteiger partial charge in [0.05, 0.1) is 11.9 Å². The van der Waals surface area contributed by atoms with Crippen LogP contribution in [0.15, 0.2) is 22.8 Å². The quantitative estimate of drug-likeness (QED) is 0.823. The molecule has 1 aromatic heterocycles. The first-order chi connectivity index (χ1) is 8.47. The van der Waals surface area contributed by atoms with Crippen molar-refractivity contribution in [1.29, 1.82) is 0 Å². The van der Waals surface area contributed by atoms with Crippen molar-refractivity contribution in [1.82, 2.24) is 9.97 Å². The SMILES string of the molecule is Cc1cc(Br)cc(C)c1Nc1nc(Cl)ncc1N. The third kappa shape index (κ3) is 2.73. The zero-order valence-corrected chi connectivity index (χ0v) is 12.3. The zero-order chi connectivity index (χ0) is 13.3. The van der Waals surface area contributed by atoms with Gasteiger partial charge in [0.1, 0.15) is 0 Å². The molecule has 0 radical (unpaired) electrons. The van der Waals surface area contributed by atoms with Gasteiger partial charge in [-0.3, -0.25) is 0 Å². The van der Waals surface area contributed by atoms with Crippen LogP contribution in [-0.2, 0) is 0 Å². The second kappa shape index (κ2) is 5.12. The van der Waals surface area contributed by atoms with Crippen molar-refractivity contribution in [2.45, 2.75) is 13.8 Å². The molecule has 3 N–H and O–H groups in total. The molecule has 0 bridgehead atoms. The molecule has 0 aliphatic carbocycles. The van der Waals surface area contributed by atoms with Crippen molar-refractivity contribution in [2.24, 2.45) is 0 Å². The number of anilines is 3. The summed E-state index contributed by atoms with van der Waals surface area (Å²) in [6.45, 7) is 4.03. The fourth-order valence-corrected chi connectivity index (χ4v) is 2.52. The van der Waals surface area contributed by atoms with Crippen molar-refractivity contribution in [3.63, 3.8) is 0 Å². The minimum Gasteiger partial charge on any atom is -0.394 e. The van der Waals surface area contributed by atoms with Crippen LogP contribution in [0.4, 0.5) is 17.2 Å². The minimum atomic E-state index is 0.166. The number of benzene rings is 1. The van der Waals surface area contributed by atoms with Crippen molar-refractivity contribution in [3.8, 4) is 0 Å². The van der Waals surface area contributed by atoms with Crippen molar-refractivity contribution in [3.05, 3.63) is 39.2 Å². The highest BCUT2D eigenvalue weighted by atomic mass is 79.9. The number of aromatic nitrogens is 2. The van der Waals surface area contributed by atoms with Gasteiger partial charge in [-0.2, -0.15) is 4.98 Å². The van der Waals surface area contributed by atoms with Gasteiger partial charge in [0.25, 0.3) is 0 Å². The highest BCUT2D eigenvalue weighted by Gasteiger charge is 2.08. The summed E-state index contributed by atoms with van der Waals surface area (Å²) in [6.07, 6.45) is 1.49. The van der Waals surface area contributed by atoms with E-state index in [9.17, 15) is 0 Å². The summed E-state index contributed by atoms with van der Waals surface area (Å²) >= 11 is 9.22. The predicted octanol–water partition coefficient (Wildman–Crippen LogP) is 3.84. The number of nitrogens with one attached hydrogen (secondary N) is 1. The lowest BCUT2D eigenvalue weighted by Crippen LogP contribution is -2.03. The largest absolute Gasteiger partial charge is 0.394 e. The van der Waals surface area contributed by atoms with E-state index in [2.05, 4.69) is 31.2 Å². The average molecular weight is 328 g/mol. The Morgan fingerprint density at radius 2 is 1.89 bits per heavy atom. The number of nitrogens with zero attached hydrogens (tertiary/aromatic N) is 2. The van der Waals surface area contributed by atoms with Crippen molar-refractivity contribution >= 4 is 44.7 Å². The molecule has 0 unspecified atom stereocenters. The number of hydrogen-bond acceptors (Lipinski definition) is 4. The van der Waals surface area contributed by atoms with Gasteiger partial charge in [-0.15, -0.1) is 0 Å². The molecule has 0 saturated carbocycles. The number of nitrogens with two attached hydrogens (primary N) is 1. The topological polar surface area (TPSA) is 63.8 Å². The molecule has 6 heteroatoms. The number of hydrogen-bond donors (Lipinski definition) is 2. The van der Waals surface area contributed by atoms with E-state index < -0.39 is 0 Å². The number of halogens is 2. The first kappa shape index (κ1) is 13.1. The number of aryl methyl sites for hydroxylation is 2. The lowest BCUT2D eigenvalue weighted by molar-refractivity contribution is 1.17. The smallest absolute Gasteiger partial charge is 0.224 e. The van der Waals surface area contributed by atoms with E-state index in [0.717, 1.165) is 21.3 Å². The van der Waals surface area contributed by atoms with Gasteiger partial charge < -0.3 is 11.1 Å². The fourth-order valence-electron chi connectivity index (χ4n) is 1.70. The van der Waals surface area contributed by atoms with Crippen LogP contribution in [0.5, 0.6) is 0 Å². The molecule has 2 rings (SSSR count). The Hall–Kier alpha value is -1.33. The lowest BCUT2D eigenvalue weighted by Gasteiger charge is -2.14. The molecule has 0 saturated heterocycles. The molecule has 0 spiro atoms. The van der Waals surface area contributed by atoms with Gasteiger partial charge >= 0.3 is 0 Å². The molecule has 0 amide bonds. The Bertz CT molecular complexity index is 578. The Kier molecular flexibility index (Phi) is 3.73. The summed E-state index contributed by atoms with van der Waals surface area (Å²) in [7, 11) is 0. The first-order valence-electron chi connectivity index (χ1n) is 5.29. The summed E-state index contributed by atoms with van der Waals surface area (Å²) < 4.78 is 1.04. The van der Waals surface area contributed by atoms with Gasteiger partial charge in [0, 0.05) is 10.2 Å². The van der Waals surface area contributed by atoms with E-state index in [4.69, 9.17) is 17.3 Å². The Labute approximate surface area is 119 Å². The van der Waals surface area contributed by atoms with Gasteiger partial charge in [0.15, 0.2) is 5.82 Å². The van der Waals surface area contributed by atoms with E-state index in [1.807, 2.05) is 26.0 Å². The molecule has 94 valence electrons. The van der Waals surface area contributed by atoms with Gasteiger partial charge in [-0.05, 0) is 48.7 Å². The van der Waals surface area contributed by atoms with Crippen LogP contribution in [0, 0.1) is 13.8 Å². The Morgan fingerprint density at radius 3 is 2.50 bits per heavy atom. The summed E-state index contributed by atoms with van der Waals surface area (Å²) in [4.78, 5) is 7.90. The number of nitrogen functional groups attached to an aromatic ring is 1. The third-order valence-electron chi connectivity index (χ3n) is 2.53. The molecule has 0 atom stereocenters. The molecule has 1 aromatic carbocycles. The summed E-state index contributed by atoms with van der Waals surface area (Å²) in [6, 6.07) is 4.04. The molecule has 18 heavy (non-hydrogen) atoms. The maximum absolute atomic E-state index is 5.81. The molecule has 0 aliphatic heterocycles. The average Bonchev–Trinajstić information content (AvgIpc) is 2.28. The number of rotatable bonds is 2. The van der Waals surface area contributed by atoms with E-state index in [0.29, 0.717) is 11.5 Å². The van der Waals surface area contributed by atoms with Crippen LogP contribution >= 0.6 is 27.5 Å². The Morgan fingerprint density at radius 1 is 1.28 bits per heavy atom. The molecular formula is C12H12BrClN4. The van der Waals surface area contributed by atoms with Crippen LogP contribution < -0.4 is 11.1 Å². The Balaban J connectivity index is 2.43. The molecule has 1 heterocycles. The highest BCUT2D eigenvalue weighted by Crippen LogP contribution is 2.29. The van der Waals surface area contributed by atoms with Gasteiger partial charge in [-0.25, -0.2) is 4.98 Å². The van der Waals surface area contributed by atoms with Crippen molar-refractivity contribution in [2.75, 3.05) is 11.1 Å². The summed E-state index contributed by atoms with van der Waals surface area (Å²) in [5.41, 5.74) is 9.43. The fraction of sp³-hybridized carbons (Fsp3) is 0.167. The monoisotopic (exact) mass is 326 g/mol. The predicted molar refractivity (Wildman–Crippen MR) is 78.4 cm³/mol. The van der Waals surface area contributed by atoms with Crippen LogP contribution in [0.2, 0.25) is 5.28 Å². The van der Waals surface area contributed by atoms with Gasteiger partial charge in [0.2, 0.25) is 5.28 Å².